The number of hydrogen-bond acceptors (Lipinski definition) is 4. The molecule has 1 aliphatic rings. The third-order valence-corrected chi connectivity index (χ3v) is 6.02. The molecule has 0 bridgehead atoms. The van der Waals surface area contributed by atoms with Gasteiger partial charge in [0.2, 0.25) is 0 Å². The normalized spacial score (nSPS) is 17.0. The van der Waals surface area contributed by atoms with Gasteiger partial charge in [-0.05, 0) is 30.5 Å². The third-order valence-electron chi connectivity index (χ3n) is 4.39. The Morgan fingerprint density at radius 2 is 1.93 bits per heavy atom. The molecule has 0 aromatic heterocycles. The second-order valence-electron chi connectivity index (χ2n) is 6.28. The van der Waals surface area contributed by atoms with Gasteiger partial charge in [-0.2, -0.15) is 17.5 Å². The summed E-state index contributed by atoms with van der Waals surface area (Å²) in [5.74, 6) is -0.124. The van der Waals surface area contributed by atoms with Gasteiger partial charge in [0.25, 0.3) is 0 Å². The molecule has 3 N–H and O–H groups in total. The summed E-state index contributed by atoms with van der Waals surface area (Å²) in [5, 5.41) is 15.1. The fourth-order valence-electron chi connectivity index (χ4n) is 2.82. The summed E-state index contributed by atoms with van der Waals surface area (Å²) in [6.07, 6.45) is 0.391. The molecule has 1 aromatic rings. The van der Waals surface area contributed by atoms with Crippen LogP contribution in [0.5, 0.6) is 0 Å². The molecule has 1 heterocycles. The van der Waals surface area contributed by atoms with Gasteiger partial charge < -0.3 is 15.7 Å². The highest BCUT2D eigenvalue weighted by Crippen LogP contribution is 2.28. The minimum atomic E-state index is -5.30. The highest BCUT2D eigenvalue weighted by atomic mass is 127. The summed E-state index contributed by atoms with van der Waals surface area (Å²) in [6.45, 7) is -0.622. The number of piperidine rings is 1. The van der Waals surface area contributed by atoms with E-state index in [4.69, 9.17) is 5.11 Å². The molecule has 2 rings (SSSR count). The zero-order valence-electron chi connectivity index (χ0n) is 15.5. The molecule has 0 atom stereocenters. The number of nitrogens with zero attached hydrogens (tertiary/aromatic N) is 2. The van der Waals surface area contributed by atoms with E-state index in [1.54, 1.807) is 6.07 Å². The van der Waals surface area contributed by atoms with Gasteiger partial charge in [-0.25, -0.2) is 12.8 Å². The topological polar surface area (TPSA) is 94.0 Å². The van der Waals surface area contributed by atoms with E-state index < -0.39 is 28.0 Å². The van der Waals surface area contributed by atoms with Gasteiger partial charge in [-0.15, -0.1) is 24.0 Å². The van der Waals surface area contributed by atoms with Gasteiger partial charge in [0.1, 0.15) is 5.82 Å². The summed E-state index contributed by atoms with van der Waals surface area (Å²) in [6, 6.07) is 4.06. The number of aliphatic hydroxyl groups excluding tert-OH is 1. The summed E-state index contributed by atoms with van der Waals surface area (Å²) in [4.78, 5) is 4.02. The highest BCUT2D eigenvalue weighted by Gasteiger charge is 2.50. The van der Waals surface area contributed by atoms with Crippen LogP contribution in [0.4, 0.5) is 17.6 Å². The van der Waals surface area contributed by atoms with Crippen molar-refractivity contribution in [2.75, 3.05) is 20.1 Å². The number of sulfonamides is 1. The lowest BCUT2D eigenvalue weighted by Gasteiger charge is -2.32. The van der Waals surface area contributed by atoms with Crippen LogP contribution in [0.25, 0.3) is 0 Å². The molecule has 7 nitrogen and oxygen atoms in total. The molecule has 0 aliphatic carbocycles. The van der Waals surface area contributed by atoms with Crippen LogP contribution in [0.1, 0.15) is 24.0 Å². The molecule has 1 aliphatic heterocycles. The Hall–Kier alpha value is -1.19. The first-order valence-corrected chi connectivity index (χ1v) is 9.94. The predicted molar refractivity (Wildman–Crippen MR) is 111 cm³/mol. The maximum absolute atomic E-state index is 13.4. The Morgan fingerprint density at radius 1 is 1.31 bits per heavy atom. The van der Waals surface area contributed by atoms with Crippen molar-refractivity contribution in [3.05, 3.63) is 35.1 Å². The lowest BCUT2D eigenvalue weighted by molar-refractivity contribution is -0.0494. The molecule has 0 unspecified atom stereocenters. The van der Waals surface area contributed by atoms with Crippen LogP contribution in [0, 0.1) is 5.82 Å². The number of rotatable bonds is 5. The van der Waals surface area contributed by atoms with Crippen molar-refractivity contribution in [2.45, 2.75) is 37.5 Å². The average molecular weight is 554 g/mol. The van der Waals surface area contributed by atoms with Gasteiger partial charge in [-0.3, -0.25) is 4.99 Å². The number of alkyl halides is 3. The molecular weight excluding hydrogens is 531 g/mol. The minimum absolute atomic E-state index is 0. The minimum Gasteiger partial charge on any atom is -0.392 e. The largest absolute Gasteiger partial charge is 0.511 e. The number of nitrogens with one attached hydrogen (secondary N) is 2. The van der Waals surface area contributed by atoms with Crippen LogP contribution in [0.15, 0.2) is 23.2 Å². The number of guanidine groups is 1. The number of benzene rings is 1. The molecule has 1 fully saturated rings. The Kier molecular flexibility index (Phi) is 9.56. The molecule has 0 spiro atoms. The predicted octanol–water partition coefficient (Wildman–Crippen LogP) is 1.92. The fraction of sp³-hybridized carbons (Fsp3) is 0.562. The summed E-state index contributed by atoms with van der Waals surface area (Å²) in [7, 11) is -3.79. The Balaban J connectivity index is 0.00000420. The van der Waals surface area contributed by atoms with E-state index in [0.717, 1.165) is 0 Å². The Bertz CT molecular complexity index is 813. The monoisotopic (exact) mass is 554 g/mol. The number of hydrogen-bond donors (Lipinski definition) is 3. The van der Waals surface area contributed by atoms with Crippen LogP contribution in [0.2, 0.25) is 0 Å². The van der Waals surface area contributed by atoms with Crippen molar-refractivity contribution in [1.82, 2.24) is 14.9 Å². The van der Waals surface area contributed by atoms with Crippen molar-refractivity contribution in [3.8, 4) is 0 Å². The van der Waals surface area contributed by atoms with Crippen LogP contribution in [0.3, 0.4) is 0 Å². The molecule has 1 saturated heterocycles. The Morgan fingerprint density at radius 3 is 2.45 bits per heavy atom. The zero-order chi connectivity index (χ0) is 20.9. The number of halogens is 5. The van der Waals surface area contributed by atoms with Crippen LogP contribution < -0.4 is 10.6 Å². The molecule has 166 valence electrons. The second kappa shape index (κ2) is 10.7. The highest BCUT2D eigenvalue weighted by molar-refractivity contribution is 14.0. The van der Waals surface area contributed by atoms with E-state index in [1.807, 2.05) is 0 Å². The van der Waals surface area contributed by atoms with E-state index in [9.17, 15) is 26.0 Å². The average Bonchev–Trinajstić information content (AvgIpc) is 2.65. The molecule has 29 heavy (non-hydrogen) atoms. The van der Waals surface area contributed by atoms with Gasteiger partial charge in [0.15, 0.2) is 5.96 Å². The molecule has 0 saturated carbocycles. The van der Waals surface area contributed by atoms with Crippen molar-refractivity contribution in [2.24, 2.45) is 4.99 Å². The number of aliphatic imine (C=N–C) groups is 1. The van der Waals surface area contributed by atoms with E-state index in [0.29, 0.717) is 15.8 Å². The van der Waals surface area contributed by atoms with Gasteiger partial charge in [0, 0.05) is 38.3 Å². The first kappa shape index (κ1) is 25.8. The maximum atomic E-state index is 13.4. The SMILES string of the molecule is CN=C(NCc1ccc(F)c(CO)c1)NC1CCN(S(=O)(=O)C(F)(F)F)CC1.I. The second-order valence-corrected chi connectivity index (χ2v) is 8.21. The van der Waals surface area contributed by atoms with E-state index >= 15 is 0 Å². The van der Waals surface area contributed by atoms with Crippen molar-refractivity contribution in [1.29, 1.82) is 0 Å². The zero-order valence-corrected chi connectivity index (χ0v) is 18.7. The van der Waals surface area contributed by atoms with Crippen LogP contribution in [-0.4, -0.2) is 55.5 Å². The lowest BCUT2D eigenvalue weighted by atomic mass is 10.1. The molecule has 0 radical (unpaired) electrons. The van der Waals surface area contributed by atoms with E-state index in [-0.39, 0.29) is 68.1 Å². The quantitative estimate of drug-likeness (QED) is 0.224. The molecule has 1 aromatic carbocycles. The first-order valence-electron chi connectivity index (χ1n) is 8.50. The summed E-state index contributed by atoms with van der Waals surface area (Å²) < 4.78 is 74.5. The smallest absolute Gasteiger partial charge is 0.392 e. The lowest BCUT2D eigenvalue weighted by Crippen LogP contribution is -2.51. The van der Waals surface area contributed by atoms with Crippen molar-refractivity contribution >= 4 is 40.0 Å². The fourth-order valence-corrected chi connectivity index (χ4v) is 3.80. The van der Waals surface area contributed by atoms with E-state index in [1.165, 1.54) is 19.2 Å². The van der Waals surface area contributed by atoms with E-state index in [2.05, 4.69) is 15.6 Å². The maximum Gasteiger partial charge on any atom is 0.511 e. The summed E-state index contributed by atoms with van der Waals surface area (Å²) in [5.41, 5.74) is -4.42. The standard InChI is InChI=1S/C16H22F4N4O3S.HI/c1-21-15(22-9-11-2-3-14(17)12(8-11)10-25)23-13-4-6-24(7-5-13)28(26,27)16(18,19)20;/h2-3,8,13,25H,4-7,9-10H2,1H3,(H2,21,22,23);1H. The van der Waals surface area contributed by atoms with Gasteiger partial charge >= 0.3 is 15.5 Å². The first-order chi connectivity index (χ1) is 13.1. The summed E-state index contributed by atoms with van der Waals surface area (Å²) >= 11 is 0. The molecule has 13 heteroatoms. The molecule has 0 amide bonds. The van der Waals surface area contributed by atoms with Gasteiger partial charge in [0.05, 0.1) is 6.61 Å². The van der Waals surface area contributed by atoms with Gasteiger partial charge in [-0.1, -0.05) is 6.07 Å². The van der Waals surface area contributed by atoms with Crippen molar-refractivity contribution in [3.63, 3.8) is 0 Å². The van der Waals surface area contributed by atoms with Crippen LogP contribution >= 0.6 is 24.0 Å². The van der Waals surface area contributed by atoms with Crippen LogP contribution in [-0.2, 0) is 23.2 Å². The van der Waals surface area contributed by atoms with Crippen molar-refractivity contribution < 1.29 is 31.1 Å². The Labute approximate surface area is 183 Å². The number of aliphatic hydroxyl groups is 1. The molecular formula is C16H23F4IN4O3S. The third kappa shape index (κ3) is 6.65.